The number of benzene rings is 3. The number of ether oxygens (including phenoxy) is 2. The van der Waals surface area contributed by atoms with Crippen LogP contribution in [0.25, 0.3) is 12.2 Å². The number of carbonyl (C=O) groups excluding carboxylic acids is 3. The van der Waals surface area contributed by atoms with E-state index in [2.05, 4.69) is 0 Å². The lowest BCUT2D eigenvalue weighted by molar-refractivity contribution is -0.394. The standard InChI is InChI=1S/C26H19N3O9/c1-37-23-14-16(6-8-17-9-10-18(28(33)34)15-21(17)29(35)36)7-11-22(23)38-24(30)12-13-27-25(31)19-4-2-3-5-20(19)26(27)32/h2-11,14-15H,12-13H2,1H3/b8-6+. The highest BCUT2D eigenvalue weighted by molar-refractivity contribution is 6.21. The molecule has 3 aromatic rings. The van der Waals surface area contributed by atoms with Crippen molar-refractivity contribution in [2.24, 2.45) is 0 Å². The Morgan fingerprint density at radius 1 is 0.895 bits per heavy atom. The van der Waals surface area contributed by atoms with Gasteiger partial charge < -0.3 is 9.47 Å². The van der Waals surface area contributed by atoms with E-state index in [1.54, 1.807) is 30.3 Å². The summed E-state index contributed by atoms with van der Waals surface area (Å²) in [5, 5.41) is 22.2. The number of nitro groups is 2. The van der Waals surface area contributed by atoms with E-state index < -0.39 is 39.0 Å². The second-order valence-corrected chi connectivity index (χ2v) is 8.03. The Bertz CT molecular complexity index is 1480. The second-order valence-electron chi connectivity index (χ2n) is 8.03. The van der Waals surface area contributed by atoms with Gasteiger partial charge in [0.1, 0.15) is 0 Å². The fourth-order valence-electron chi connectivity index (χ4n) is 3.82. The number of non-ortho nitro benzene ring substituents is 1. The third-order valence-corrected chi connectivity index (χ3v) is 5.71. The van der Waals surface area contributed by atoms with Gasteiger partial charge in [-0.05, 0) is 42.0 Å². The van der Waals surface area contributed by atoms with Crippen LogP contribution in [0.2, 0.25) is 0 Å². The zero-order chi connectivity index (χ0) is 27.4. The molecular formula is C26H19N3O9. The number of nitro benzene ring substituents is 2. The molecule has 0 saturated carbocycles. The van der Waals surface area contributed by atoms with Crippen LogP contribution in [0, 0.1) is 20.2 Å². The van der Waals surface area contributed by atoms with Gasteiger partial charge >= 0.3 is 5.97 Å². The second kappa shape index (κ2) is 10.7. The van der Waals surface area contributed by atoms with E-state index in [1.807, 2.05) is 0 Å². The topological polar surface area (TPSA) is 159 Å². The molecule has 0 aromatic heterocycles. The number of fused-ring (bicyclic) bond motifs is 1. The van der Waals surface area contributed by atoms with Crippen LogP contribution in [-0.4, -0.2) is 46.2 Å². The number of hydrogen-bond donors (Lipinski definition) is 0. The summed E-state index contributed by atoms with van der Waals surface area (Å²) in [6, 6.07) is 14.3. The first-order valence-electron chi connectivity index (χ1n) is 11.1. The van der Waals surface area contributed by atoms with Crippen molar-refractivity contribution in [3.8, 4) is 11.5 Å². The van der Waals surface area contributed by atoms with Crippen molar-refractivity contribution < 1.29 is 33.7 Å². The smallest absolute Gasteiger partial charge is 0.313 e. The molecule has 0 aliphatic carbocycles. The molecular weight excluding hydrogens is 498 g/mol. The highest BCUT2D eigenvalue weighted by Gasteiger charge is 2.35. The first-order valence-corrected chi connectivity index (χ1v) is 11.1. The van der Waals surface area contributed by atoms with Gasteiger partial charge in [0.05, 0.1) is 46.1 Å². The lowest BCUT2D eigenvalue weighted by Crippen LogP contribution is -2.32. The average Bonchev–Trinajstić information content (AvgIpc) is 3.15. The molecule has 12 nitrogen and oxygen atoms in total. The van der Waals surface area contributed by atoms with Crippen molar-refractivity contribution in [2.75, 3.05) is 13.7 Å². The van der Waals surface area contributed by atoms with E-state index >= 15 is 0 Å². The zero-order valence-corrected chi connectivity index (χ0v) is 19.9. The fraction of sp³-hybridized carbons (Fsp3) is 0.115. The molecule has 0 spiro atoms. The Labute approximate surface area is 215 Å². The van der Waals surface area contributed by atoms with Gasteiger partial charge in [-0.3, -0.25) is 39.5 Å². The maximum absolute atomic E-state index is 12.4. The van der Waals surface area contributed by atoms with Crippen molar-refractivity contribution in [2.45, 2.75) is 6.42 Å². The van der Waals surface area contributed by atoms with Crippen LogP contribution >= 0.6 is 0 Å². The summed E-state index contributed by atoms with van der Waals surface area (Å²) in [6.07, 6.45) is 2.72. The normalized spacial score (nSPS) is 12.5. The van der Waals surface area contributed by atoms with E-state index in [0.29, 0.717) is 5.56 Å². The minimum Gasteiger partial charge on any atom is -0.493 e. The molecule has 3 aromatic carbocycles. The Balaban J connectivity index is 1.43. The number of amides is 2. The molecule has 1 heterocycles. The summed E-state index contributed by atoms with van der Waals surface area (Å²) in [5.74, 6) is -1.34. The Morgan fingerprint density at radius 3 is 2.18 bits per heavy atom. The van der Waals surface area contributed by atoms with E-state index in [4.69, 9.17) is 9.47 Å². The van der Waals surface area contributed by atoms with Crippen LogP contribution in [0.5, 0.6) is 11.5 Å². The number of nitrogens with zero attached hydrogens (tertiary/aromatic N) is 3. The minimum absolute atomic E-state index is 0.0957. The zero-order valence-electron chi connectivity index (χ0n) is 19.9. The molecule has 0 unspecified atom stereocenters. The Hall–Kier alpha value is -5.39. The van der Waals surface area contributed by atoms with Gasteiger partial charge in [-0.1, -0.05) is 24.3 Å². The molecule has 0 saturated heterocycles. The summed E-state index contributed by atoms with van der Waals surface area (Å²) in [4.78, 5) is 59.1. The molecule has 0 N–H and O–H groups in total. The third-order valence-electron chi connectivity index (χ3n) is 5.71. The quantitative estimate of drug-likeness (QED) is 0.101. The highest BCUT2D eigenvalue weighted by atomic mass is 16.6. The predicted octanol–water partition coefficient (Wildman–Crippen LogP) is 4.27. The van der Waals surface area contributed by atoms with Gasteiger partial charge in [-0.25, -0.2) is 0 Å². The van der Waals surface area contributed by atoms with E-state index in [0.717, 1.165) is 17.0 Å². The maximum atomic E-state index is 12.4. The average molecular weight is 517 g/mol. The van der Waals surface area contributed by atoms with Crippen LogP contribution in [0.15, 0.2) is 60.7 Å². The first-order chi connectivity index (χ1) is 18.2. The molecule has 2 amide bonds. The summed E-state index contributed by atoms with van der Waals surface area (Å²) in [7, 11) is 1.36. The molecule has 0 bridgehead atoms. The van der Waals surface area contributed by atoms with Crippen LogP contribution in [-0.2, 0) is 4.79 Å². The number of carbonyl (C=O) groups is 3. The van der Waals surface area contributed by atoms with Gasteiger partial charge in [-0.15, -0.1) is 0 Å². The fourth-order valence-corrected chi connectivity index (χ4v) is 3.82. The van der Waals surface area contributed by atoms with Gasteiger partial charge in [0, 0.05) is 12.6 Å². The molecule has 38 heavy (non-hydrogen) atoms. The molecule has 0 fully saturated rings. The molecule has 0 radical (unpaired) electrons. The van der Waals surface area contributed by atoms with Crippen molar-refractivity contribution in [1.82, 2.24) is 4.90 Å². The van der Waals surface area contributed by atoms with Crippen molar-refractivity contribution >= 4 is 41.3 Å². The number of rotatable bonds is 9. The minimum atomic E-state index is -0.717. The summed E-state index contributed by atoms with van der Waals surface area (Å²) in [6.45, 7) is -0.150. The lowest BCUT2D eigenvalue weighted by Gasteiger charge is -2.14. The summed E-state index contributed by atoms with van der Waals surface area (Å²) in [5.41, 5.74) is 0.449. The molecule has 4 rings (SSSR count). The highest BCUT2D eigenvalue weighted by Crippen LogP contribution is 2.31. The Morgan fingerprint density at radius 2 is 1.58 bits per heavy atom. The van der Waals surface area contributed by atoms with Gasteiger partial charge in [0.15, 0.2) is 11.5 Å². The molecule has 12 heteroatoms. The van der Waals surface area contributed by atoms with Crippen molar-refractivity contribution in [3.63, 3.8) is 0 Å². The predicted molar refractivity (Wildman–Crippen MR) is 134 cm³/mol. The van der Waals surface area contributed by atoms with E-state index in [9.17, 15) is 34.6 Å². The molecule has 0 atom stereocenters. The van der Waals surface area contributed by atoms with Gasteiger partial charge in [0.25, 0.3) is 23.2 Å². The largest absolute Gasteiger partial charge is 0.493 e. The first kappa shape index (κ1) is 25.7. The number of methoxy groups -OCH3 is 1. The van der Waals surface area contributed by atoms with Gasteiger partial charge in [0.2, 0.25) is 0 Å². The molecule has 192 valence electrons. The van der Waals surface area contributed by atoms with Crippen LogP contribution in [0.1, 0.15) is 38.3 Å². The van der Waals surface area contributed by atoms with E-state index in [-0.39, 0.29) is 41.2 Å². The van der Waals surface area contributed by atoms with Crippen molar-refractivity contribution in [1.29, 1.82) is 0 Å². The number of esters is 1. The summed E-state index contributed by atoms with van der Waals surface area (Å²) >= 11 is 0. The molecule has 1 aliphatic heterocycles. The molecule has 1 aliphatic rings. The van der Waals surface area contributed by atoms with Crippen LogP contribution < -0.4 is 9.47 Å². The van der Waals surface area contributed by atoms with Crippen molar-refractivity contribution in [3.05, 3.63) is 103 Å². The SMILES string of the molecule is COc1cc(/C=C/c2ccc([N+](=O)[O-])cc2[N+](=O)[O-])ccc1OC(=O)CCN1C(=O)c2ccccc2C1=O. The monoisotopic (exact) mass is 517 g/mol. The van der Waals surface area contributed by atoms with Crippen LogP contribution in [0.4, 0.5) is 11.4 Å². The van der Waals surface area contributed by atoms with Gasteiger partial charge in [-0.2, -0.15) is 0 Å². The maximum Gasteiger partial charge on any atom is 0.313 e. The van der Waals surface area contributed by atoms with E-state index in [1.165, 1.54) is 37.5 Å². The lowest BCUT2D eigenvalue weighted by atomic mass is 10.1. The summed E-state index contributed by atoms with van der Waals surface area (Å²) < 4.78 is 10.6. The third kappa shape index (κ3) is 5.23. The number of imide groups is 1. The van der Waals surface area contributed by atoms with Crippen LogP contribution in [0.3, 0.4) is 0 Å². The Kier molecular flexibility index (Phi) is 7.24. The number of hydrogen-bond acceptors (Lipinski definition) is 9.